The molecule has 0 unspecified atom stereocenters. The van der Waals surface area contributed by atoms with E-state index in [4.69, 9.17) is 28.6 Å². The first-order chi connectivity index (χ1) is 12.5. The summed E-state index contributed by atoms with van der Waals surface area (Å²) in [5, 5.41) is 8.11. The Balaban J connectivity index is 1.69. The summed E-state index contributed by atoms with van der Waals surface area (Å²) in [5.41, 5.74) is 3.21. The number of hydrogen-bond acceptors (Lipinski definition) is 4. The van der Waals surface area contributed by atoms with E-state index in [1.165, 1.54) is 24.0 Å². The third-order valence-electron chi connectivity index (χ3n) is 3.83. The number of fused-ring (bicyclic) bond motifs is 1. The number of carbonyl (C=O) groups excluding carboxylic acids is 1. The molecule has 3 rings (SSSR count). The summed E-state index contributed by atoms with van der Waals surface area (Å²) in [6.07, 6.45) is 0. The molecule has 0 radical (unpaired) electrons. The molecule has 0 bridgehead atoms. The quantitative estimate of drug-likeness (QED) is 0.466. The minimum Gasteiger partial charge on any atom is -0.465 e. The van der Waals surface area contributed by atoms with Crippen LogP contribution in [0, 0.1) is 6.92 Å². The highest BCUT2D eigenvalue weighted by Crippen LogP contribution is 2.37. The lowest BCUT2D eigenvalue weighted by Gasteiger charge is -2.11. The number of carbonyl (C=O) groups is 1. The van der Waals surface area contributed by atoms with E-state index < -0.39 is 5.97 Å². The SMILES string of the molecule is COC(=O)c1sc2cc(NC(=S)NCc3ccc(C)cc3)ccc2c1Cl. The Labute approximate surface area is 166 Å². The van der Waals surface area contributed by atoms with Gasteiger partial charge in [-0.15, -0.1) is 11.3 Å². The number of ether oxygens (including phenoxy) is 1. The highest BCUT2D eigenvalue weighted by atomic mass is 35.5. The van der Waals surface area contributed by atoms with Crippen molar-refractivity contribution in [2.75, 3.05) is 12.4 Å². The number of thiocarbonyl (C=S) groups is 1. The first-order valence-electron chi connectivity index (χ1n) is 7.88. The van der Waals surface area contributed by atoms with E-state index >= 15 is 0 Å². The first kappa shape index (κ1) is 18.6. The van der Waals surface area contributed by atoms with E-state index in [-0.39, 0.29) is 0 Å². The smallest absolute Gasteiger partial charge is 0.349 e. The monoisotopic (exact) mass is 404 g/mol. The Morgan fingerprint density at radius 3 is 2.65 bits per heavy atom. The fourth-order valence-electron chi connectivity index (χ4n) is 2.43. The molecule has 0 amide bonds. The number of hydrogen-bond donors (Lipinski definition) is 2. The van der Waals surface area contributed by atoms with Crippen molar-refractivity contribution < 1.29 is 9.53 Å². The first-order valence-corrected chi connectivity index (χ1v) is 9.49. The van der Waals surface area contributed by atoms with Crippen molar-refractivity contribution in [1.82, 2.24) is 5.32 Å². The van der Waals surface area contributed by atoms with Gasteiger partial charge >= 0.3 is 5.97 Å². The zero-order valence-corrected chi connectivity index (χ0v) is 16.6. The molecule has 0 aliphatic heterocycles. The number of halogens is 1. The summed E-state index contributed by atoms with van der Waals surface area (Å²) in [6.45, 7) is 2.70. The van der Waals surface area contributed by atoms with Gasteiger partial charge in [0.2, 0.25) is 0 Å². The number of nitrogens with one attached hydrogen (secondary N) is 2. The number of anilines is 1. The Morgan fingerprint density at radius 2 is 1.96 bits per heavy atom. The summed E-state index contributed by atoms with van der Waals surface area (Å²) in [4.78, 5) is 12.2. The van der Waals surface area contributed by atoms with Crippen molar-refractivity contribution >= 4 is 62.0 Å². The Morgan fingerprint density at radius 1 is 1.23 bits per heavy atom. The normalized spacial score (nSPS) is 10.6. The average Bonchev–Trinajstić information content (AvgIpc) is 2.97. The number of esters is 1. The van der Waals surface area contributed by atoms with E-state index in [0.717, 1.165) is 21.3 Å². The van der Waals surface area contributed by atoms with Gasteiger partial charge in [-0.1, -0.05) is 41.4 Å². The van der Waals surface area contributed by atoms with Crippen LogP contribution in [-0.4, -0.2) is 18.2 Å². The van der Waals surface area contributed by atoms with Crippen LogP contribution in [0.25, 0.3) is 10.1 Å². The maximum atomic E-state index is 11.8. The minimum atomic E-state index is -0.430. The molecule has 4 nitrogen and oxygen atoms in total. The van der Waals surface area contributed by atoms with Crippen LogP contribution in [-0.2, 0) is 11.3 Å². The molecular formula is C19H17ClN2O2S2. The molecular weight excluding hydrogens is 388 g/mol. The lowest BCUT2D eigenvalue weighted by atomic mass is 10.1. The zero-order valence-electron chi connectivity index (χ0n) is 14.3. The van der Waals surface area contributed by atoms with Crippen LogP contribution in [0.5, 0.6) is 0 Å². The van der Waals surface area contributed by atoms with Gasteiger partial charge in [0, 0.05) is 22.3 Å². The Bertz CT molecular complexity index is 968. The topological polar surface area (TPSA) is 50.4 Å². The third kappa shape index (κ3) is 4.15. The van der Waals surface area contributed by atoms with Gasteiger partial charge in [-0.05, 0) is 42.9 Å². The van der Waals surface area contributed by atoms with Crippen molar-refractivity contribution in [3.63, 3.8) is 0 Å². The average molecular weight is 405 g/mol. The van der Waals surface area contributed by atoms with Crippen LogP contribution in [0.4, 0.5) is 5.69 Å². The van der Waals surface area contributed by atoms with E-state index in [1.54, 1.807) is 0 Å². The van der Waals surface area contributed by atoms with Crippen molar-refractivity contribution in [3.05, 3.63) is 63.5 Å². The Hall–Kier alpha value is -2.15. The summed E-state index contributed by atoms with van der Waals surface area (Å²) in [5.74, 6) is -0.430. The van der Waals surface area contributed by atoms with E-state index in [1.807, 2.05) is 18.2 Å². The van der Waals surface area contributed by atoms with Gasteiger partial charge in [0.1, 0.15) is 4.88 Å². The van der Waals surface area contributed by atoms with E-state index in [9.17, 15) is 4.79 Å². The van der Waals surface area contributed by atoms with Gasteiger partial charge in [0.15, 0.2) is 5.11 Å². The molecule has 134 valence electrons. The molecule has 2 aromatic carbocycles. The molecule has 0 fully saturated rings. The molecule has 0 aliphatic rings. The molecule has 2 N–H and O–H groups in total. The van der Waals surface area contributed by atoms with Gasteiger partial charge in [-0.2, -0.15) is 0 Å². The van der Waals surface area contributed by atoms with E-state index in [2.05, 4.69) is 41.8 Å². The largest absolute Gasteiger partial charge is 0.465 e. The molecule has 1 aromatic heterocycles. The highest BCUT2D eigenvalue weighted by molar-refractivity contribution is 7.80. The van der Waals surface area contributed by atoms with Crippen molar-refractivity contribution in [2.24, 2.45) is 0 Å². The van der Waals surface area contributed by atoms with Crippen LogP contribution >= 0.6 is 35.2 Å². The van der Waals surface area contributed by atoms with Crippen LogP contribution in [0.2, 0.25) is 5.02 Å². The highest BCUT2D eigenvalue weighted by Gasteiger charge is 2.17. The summed E-state index contributed by atoms with van der Waals surface area (Å²) in [7, 11) is 1.34. The lowest BCUT2D eigenvalue weighted by molar-refractivity contribution is 0.0606. The van der Waals surface area contributed by atoms with Crippen molar-refractivity contribution in [3.8, 4) is 0 Å². The molecule has 0 saturated heterocycles. The maximum absolute atomic E-state index is 11.8. The van der Waals surface area contributed by atoms with Gasteiger partial charge in [-0.25, -0.2) is 4.79 Å². The minimum absolute atomic E-state index is 0.404. The van der Waals surface area contributed by atoms with Gasteiger partial charge < -0.3 is 15.4 Å². The van der Waals surface area contributed by atoms with Gasteiger partial charge in [0.25, 0.3) is 0 Å². The molecule has 7 heteroatoms. The van der Waals surface area contributed by atoms with Crippen molar-refractivity contribution in [1.29, 1.82) is 0 Å². The molecule has 1 heterocycles. The van der Waals surface area contributed by atoms with E-state index in [0.29, 0.717) is 21.6 Å². The molecule has 3 aromatic rings. The fraction of sp³-hybridized carbons (Fsp3) is 0.158. The number of benzene rings is 2. The van der Waals surface area contributed by atoms with Crippen molar-refractivity contribution in [2.45, 2.75) is 13.5 Å². The molecule has 0 atom stereocenters. The predicted molar refractivity (Wildman–Crippen MR) is 112 cm³/mol. The molecule has 0 aliphatic carbocycles. The summed E-state index contributed by atoms with van der Waals surface area (Å²) < 4.78 is 5.65. The molecule has 0 saturated carbocycles. The molecule has 0 spiro atoms. The lowest BCUT2D eigenvalue weighted by Crippen LogP contribution is -2.27. The number of rotatable bonds is 4. The molecule has 26 heavy (non-hydrogen) atoms. The number of methoxy groups -OCH3 is 1. The standard InChI is InChI=1S/C19H17ClN2O2S2/c1-11-3-5-12(6-4-11)10-21-19(25)22-13-7-8-14-15(9-13)26-17(16(14)20)18(23)24-2/h3-9H,10H2,1-2H3,(H2,21,22,25). The van der Waals surface area contributed by atoms with Crippen LogP contribution in [0.3, 0.4) is 0 Å². The fourth-order valence-corrected chi connectivity index (χ4v) is 4.09. The number of aryl methyl sites for hydroxylation is 1. The second-order valence-electron chi connectivity index (χ2n) is 5.74. The van der Waals surface area contributed by atoms with Crippen LogP contribution in [0.1, 0.15) is 20.8 Å². The third-order valence-corrected chi connectivity index (χ3v) is 5.72. The van der Waals surface area contributed by atoms with Gasteiger partial charge in [0.05, 0.1) is 12.1 Å². The second kappa shape index (κ2) is 8.03. The van der Waals surface area contributed by atoms with Crippen LogP contribution in [0.15, 0.2) is 42.5 Å². The summed E-state index contributed by atoms with van der Waals surface area (Å²) in [6, 6.07) is 13.9. The van der Waals surface area contributed by atoms with Crippen LogP contribution < -0.4 is 10.6 Å². The maximum Gasteiger partial charge on any atom is 0.349 e. The zero-order chi connectivity index (χ0) is 18.7. The Kier molecular flexibility index (Phi) is 5.76. The number of thiophene rings is 1. The predicted octanol–water partition coefficient (Wildman–Crippen LogP) is 5.14. The summed E-state index contributed by atoms with van der Waals surface area (Å²) >= 11 is 12.9. The second-order valence-corrected chi connectivity index (χ2v) is 7.58. The van der Waals surface area contributed by atoms with Gasteiger partial charge in [-0.3, -0.25) is 0 Å².